The number of amides is 1. The molecule has 1 unspecified atom stereocenters. The number of ether oxygens (including phenoxy) is 1. The Morgan fingerprint density at radius 1 is 1.26 bits per heavy atom. The molecular formula is C20H25N3O2S2. The number of carbonyl (C=O) groups excluding carboxylic acids is 1. The largest absolute Gasteiger partial charge is 0.484 e. The minimum absolute atomic E-state index is 0.00470. The lowest BCUT2D eigenvalue weighted by Crippen LogP contribution is -2.23. The number of hydrogen-bond donors (Lipinski definition) is 1. The fourth-order valence-corrected chi connectivity index (χ4v) is 6.14. The molecule has 2 aliphatic rings. The average molecular weight is 404 g/mol. The van der Waals surface area contributed by atoms with Gasteiger partial charge in [-0.05, 0) is 61.3 Å². The molecule has 1 saturated carbocycles. The highest BCUT2D eigenvalue weighted by molar-refractivity contribution is 8.16. The van der Waals surface area contributed by atoms with E-state index >= 15 is 0 Å². The van der Waals surface area contributed by atoms with E-state index in [1.54, 1.807) is 6.20 Å². The van der Waals surface area contributed by atoms with Crippen molar-refractivity contribution < 1.29 is 9.53 Å². The molecule has 0 spiro atoms. The maximum absolute atomic E-state index is 12.3. The summed E-state index contributed by atoms with van der Waals surface area (Å²) in [7, 11) is 0. The van der Waals surface area contributed by atoms with E-state index in [1.165, 1.54) is 36.3 Å². The fourth-order valence-electron chi connectivity index (χ4n) is 3.25. The molecule has 7 heteroatoms. The molecule has 2 aromatic rings. The van der Waals surface area contributed by atoms with Gasteiger partial charge in [0.25, 0.3) is 5.91 Å². The van der Waals surface area contributed by atoms with Crippen molar-refractivity contribution in [1.29, 1.82) is 0 Å². The van der Waals surface area contributed by atoms with E-state index in [9.17, 15) is 4.79 Å². The first-order chi connectivity index (χ1) is 13.2. The van der Waals surface area contributed by atoms with Crippen molar-refractivity contribution in [3.8, 4) is 5.75 Å². The summed E-state index contributed by atoms with van der Waals surface area (Å²) in [4.78, 5) is 12.3. The van der Waals surface area contributed by atoms with Gasteiger partial charge in [0.15, 0.2) is 6.61 Å². The van der Waals surface area contributed by atoms with Crippen LogP contribution in [-0.2, 0) is 4.79 Å². The summed E-state index contributed by atoms with van der Waals surface area (Å²) in [5.74, 6) is 4.43. The van der Waals surface area contributed by atoms with Crippen LogP contribution in [0.3, 0.4) is 0 Å². The molecule has 1 atom stereocenters. The molecule has 5 nitrogen and oxygen atoms in total. The Kier molecular flexibility index (Phi) is 5.98. The third kappa shape index (κ3) is 4.82. The molecular weight excluding hydrogens is 378 g/mol. The Morgan fingerprint density at radius 3 is 2.70 bits per heavy atom. The lowest BCUT2D eigenvalue weighted by molar-refractivity contribution is -0.118. The van der Waals surface area contributed by atoms with Gasteiger partial charge in [0.05, 0.1) is 16.8 Å². The monoisotopic (exact) mass is 403 g/mol. The Bertz CT molecular complexity index is 768. The van der Waals surface area contributed by atoms with Crippen LogP contribution in [0.2, 0.25) is 0 Å². The van der Waals surface area contributed by atoms with Crippen LogP contribution in [-0.4, -0.2) is 33.8 Å². The van der Waals surface area contributed by atoms with E-state index in [2.05, 4.69) is 29.5 Å². The van der Waals surface area contributed by atoms with Gasteiger partial charge in [-0.1, -0.05) is 12.1 Å². The molecule has 1 saturated heterocycles. The number of rotatable bonds is 7. The van der Waals surface area contributed by atoms with Gasteiger partial charge >= 0.3 is 0 Å². The van der Waals surface area contributed by atoms with Gasteiger partial charge in [0.2, 0.25) is 0 Å². The predicted molar refractivity (Wildman–Crippen MR) is 113 cm³/mol. The highest BCUT2D eigenvalue weighted by Gasteiger charge is 2.30. The van der Waals surface area contributed by atoms with E-state index in [0.717, 1.165) is 11.6 Å². The van der Waals surface area contributed by atoms with Crippen molar-refractivity contribution >= 4 is 35.2 Å². The first-order valence-electron chi connectivity index (χ1n) is 9.50. The summed E-state index contributed by atoms with van der Waals surface area (Å²) in [6, 6.07) is 10.3. The summed E-state index contributed by atoms with van der Waals surface area (Å²) in [6.45, 7) is 2.15. The highest BCUT2D eigenvalue weighted by Crippen LogP contribution is 2.43. The van der Waals surface area contributed by atoms with Gasteiger partial charge in [-0.3, -0.25) is 4.79 Å². The molecule has 1 amide bonds. The third-order valence-corrected chi connectivity index (χ3v) is 7.99. The number of aromatic nitrogens is 2. The number of anilines is 1. The van der Waals surface area contributed by atoms with Crippen LogP contribution in [0.1, 0.15) is 42.4 Å². The third-order valence-electron chi connectivity index (χ3n) is 4.98. The topological polar surface area (TPSA) is 56.2 Å². The molecule has 0 bridgehead atoms. The smallest absolute Gasteiger partial charge is 0.263 e. The SMILES string of the molecule is CC(C1CC1)n1nccc1NC(=O)COc1ccc(C2SCCCS2)cc1. The van der Waals surface area contributed by atoms with Crippen LogP contribution in [0, 0.1) is 5.92 Å². The normalized spacial score (nSPS) is 18.9. The van der Waals surface area contributed by atoms with Crippen molar-refractivity contribution in [1.82, 2.24) is 9.78 Å². The Morgan fingerprint density at radius 2 is 2.00 bits per heavy atom. The second kappa shape index (κ2) is 8.61. The van der Waals surface area contributed by atoms with Crippen molar-refractivity contribution in [2.45, 2.75) is 36.8 Å². The van der Waals surface area contributed by atoms with E-state index < -0.39 is 0 Å². The Hall–Kier alpha value is -1.60. The fraction of sp³-hybridized carbons (Fsp3) is 0.500. The van der Waals surface area contributed by atoms with E-state index in [-0.39, 0.29) is 12.5 Å². The van der Waals surface area contributed by atoms with Crippen LogP contribution < -0.4 is 10.1 Å². The van der Waals surface area contributed by atoms with E-state index in [0.29, 0.717) is 16.5 Å². The van der Waals surface area contributed by atoms with Crippen molar-refractivity contribution in [2.75, 3.05) is 23.4 Å². The van der Waals surface area contributed by atoms with Gasteiger partial charge in [-0.2, -0.15) is 5.10 Å². The maximum atomic E-state index is 12.3. The number of thioether (sulfide) groups is 2. The molecule has 0 radical (unpaired) electrons. The number of nitrogens with one attached hydrogen (secondary N) is 1. The zero-order chi connectivity index (χ0) is 18.6. The molecule has 2 heterocycles. The van der Waals surface area contributed by atoms with Crippen molar-refractivity contribution in [3.05, 3.63) is 42.1 Å². The summed E-state index contributed by atoms with van der Waals surface area (Å²) >= 11 is 4.00. The summed E-state index contributed by atoms with van der Waals surface area (Å²) in [6.07, 6.45) is 5.51. The van der Waals surface area contributed by atoms with Crippen molar-refractivity contribution in [3.63, 3.8) is 0 Å². The van der Waals surface area contributed by atoms with Gasteiger partial charge in [-0.15, -0.1) is 23.5 Å². The summed E-state index contributed by atoms with van der Waals surface area (Å²) < 4.78 is 8.09. The Balaban J connectivity index is 1.28. The van der Waals surface area contributed by atoms with Crippen LogP contribution in [0.15, 0.2) is 36.5 Å². The van der Waals surface area contributed by atoms with Crippen LogP contribution in [0.5, 0.6) is 5.75 Å². The maximum Gasteiger partial charge on any atom is 0.263 e. The van der Waals surface area contributed by atoms with Crippen LogP contribution >= 0.6 is 23.5 Å². The molecule has 1 aromatic heterocycles. The average Bonchev–Trinajstić information content (AvgIpc) is 3.46. The molecule has 2 fully saturated rings. The first-order valence-corrected chi connectivity index (χ1v) is 11.6. The minimum atomic E-state index is -0.165. The lowest BCUT2D eigenvalue weighted by Gasteiger charge is -2.21. The molecule has 1 N–H and O–H groups in total. The summed E-state index contributed by atoms with van der Waals surface area (Å²) in [5, 5.41) is 7.28. The van der Waals surface area contributed by atoms with Crippen LogP contribution in [0.4, 0.5) is 5.82 Å². The van der Waals surface area contributed by atoms with E-state index in [1.807, 2.05) is 46.4 Å². The standard InChI is InChI=1S/C20H25N3O2S2/c1-14(15-3-4-15)23-18(9-10-21-23)22-19(24)13-25-17-7-5-16(6-8-17)20-26-11-2-12-27-20/h5-10,14-15,20H,2-4,11-13H2,1H3,(H,22,24). The van der Waals surface area contributed by atoms with Crippen LogP contribution in [0.25, 0.3) is 0 Å². The second-order valence-corrected chi connectivity index (χ2v) is 9.80. The summed E-state index contributed by atoms with van der Waals surface area (Å²) in [5.41, 5.74) is 1.32. The first kappa shape index (κ1) is 18.7. The van der Waals surface area contributed by atoms with Gasteiger partial charge in [0, 0.05) is 6.07 Å². The highest BCUT2D eigenvalue weighted by atomic mass is 32.2. The molecule has 27 heavy (non-hydrogen) atoms. The molecule has 1 aromatic carbocycles. The predicted octanol–water partition coefficient (Wildman–Crippen LogP) is 4.74. The zero-order valence-corrected chi connectivity index (χ0v) is 17.1. The minimum Gasteiger partial charge on any atom is -0.484 e. The number of nitrogens with zero attached hydrogens (tertiary/aromatic N) is 2. The quantitative estimate of drug-likeness (QED) is 0.724. The number of benzene rings is 1. The van der Waals surface area contributed by atoms with E-state index in [4.69, 9.17) is 4.74 Å². The van der Waals surface area contributed by atoms with Gasteiger partial charge < -0.3 is 10.1 Å². The lowest BCUT2D eigenvalue weighted by atomic mass is 10.2. The Labute approximate surface area is 168 Å². The zero-order valence-electron chi connectivity index (χ0n) is 15.5. The van der Waals surface area contributed by atoms with Crippen molar-refractivity contribution in [2.24, 2.45) is 5.92 Å². The molecule has 144 valence electrons. The molecule has 1 aliphatic carbocycles. The number of hydrogen-bond acceptors (Lipinski definition) is 5. The molecule has 4 rings (SSSR count). The second-order valence-electron chi connectivity index (χ2n) is 7.07. The molecule has 1 aliphatic heterocycles. The van der Waals surface area contributed by atoms with Gasteiger partial charge in [-0.25, -0.2) is 4.68 Å². The van der Waals surface area contributed by atoms with Gasteiger partial charge in [0.1, 0.15) is 11.6 Å². The number of carbonyl (C=O) groups is 1.